The number of fused-ring (bicyclic) bond motifs is 1. The van der Waals surface area contributed by atoms with E-state index in [9.17, 15) is 0 Å². The number of nitrogen functional groups attached to an aromatic ring is 1. The number of imidazole rings is 1. The second kappa shape index (κ2) is 3.39. The minimum atomic E-state index is 0.111. The number of hydrogen-bond acceptors (Lipinski definition) is 3. The number of aromatic amines is 1. The molecule has 1 fully saturated rings. The number of nitrogens with zero attached hydrogens (tertiary/aromatic N) is 1. The van der Waals surface area contributed by atoms with E-state index in [1.807, 2.05) is 18.2 Å². The fourth-order valence-electron chi connectivity index (χ4n) is 2.30. The topological polar surface area (TPSA) is 66.7 Å². The van der Waals surface area contributed by atoms with E-state index in [1.165, 1.54) is 12.8 Å². The van der Waals surface area contributed by atoms with Crippen molar-refractivity contribution < 1.29 is 0 Å². The van der Waals surface area contributed by atoms with Crippen molar-refractivity contribution in [2.45, 2.75) is 32.2 Å². The van der Waals surface area contributed by atoms with Crippen molar-refractivity contribution in [1.82, 2.24) is 9.97 Å². The van der Waals surface area contributed by atoms with Gasteiger partial charge in [0.25, 0.3) is 0 Å². The molecular formula is C13H18N4. The Balaban J connectivity index is 1.90. The van der Waals surface area contributed by atoms with E-state index in [0.29, 0.717) is 0 Å². The molecule has 1 aliphatic carbocycles. The number of aromatic nitrogens is 2. The third kappa shape index (κ3) is 1.95. The quantitative estimate of drug-likeness (QED) is 0.710. The highest BCUT2D eigenvalue weighted by atomic mass is 15.2. The van der Waals surface area contributed by atoms with Crippen molar-refractivity contribution in [2.75, 3.05) is 11.1 Å². The number of anilines is 2. The largest absolute Gasteiger partial charge is 0.399 e. The van der Waals surface area contributed by atoms with Crippen LogP contribution < -0.4 is 11.1 Å². The summed E-state index contributed by atoms with van der Waals surface area (Å²) in [7, 11) is 0. The highest BCUT2D eigenvalue weighted by Gasteiger charge is 2.38. The Morgan fingerprint density at radius 2 is 2.18 bits per heavy atom. The van der Waals surface area contributed by atoms with E-state index in [1.54, 1.807) is 0 Å². The van der Waals surface area contributed by atoms with Gasteiger partial charge in [-0.15, -0.1) is 0 Å². The first-order chi connectivity index (χ1) is 8.04. The van der Waals surface area contributed by atoms with E-state index in [2.05, 4.69) is 29.1 Å². The van der Waals surface area contributed by atoms with Gasteiger partial charge >= 0.3 is 0 Å². The Morgan fingerprint density at radius 3 is 2.88 bits per heavy atom. The van der Waals surface area contributed by atoms with Crippen LogP contribution in [0, 0.1) is 5.92 Å². The zero-order valence-electron chi connectivity index (χ0n) is 10.2. The fourth-order valence-corrected chi connectivity index (χ4v) is 2.30. The first kappa shape index (κ1) is 10.4. The molecule has 0 spiro atoms. The summed E-state index contributed by atoms with van der Waals surface area (Å²) in [5.74, 6) is 1.60. The molecule has 17 heavy (non-hydrogen) atoms. The van der Waals surface area contributed by atoms with Crippen molar-refractivity contribution in [3.05, 3.63) is 18.2 Å². The molecule has 2 aromatic rings. The monoisotopic (exact) mass is 230 g/mol. The Hall–Kier alpha value is -1.71. The number of H-pyrrole nitrogens is 1. The smallest absolute Gasteiger partial charge is 0.201 e. The Morgan fingerprint density at radius 1 is 1.41 bits per heavy atom. The van der Waals surface area contributed by atoms with Crippen LogP contribution >= 0.6 is 0 Å². The van der Waals surface area contributed by atoms with Crippen molar-refractivity contribution >= 4 is 22.7 Å². The maximum absolute atomic E-state index is 5.75. The molecule has 4 heteroatoms. The first-order valence-corrected chi connectivity index (χ1v) is 6.08. The maximum Gasteiger partial charge on any atom is 0.201 e. The van der Waals surface area contributed by atoms with Gasteiger partial charge in [-0.25, -0.2) is 4.98 Å². The summed E-state index contributed by atoms with van der Waals surface area (Å²) in [6.45, 7) is 4.46. The van der Waals surface area contributed by atoms with Gasteiger partial charge in [-0.2, -0.15) is 0 Å². The Labute approximate surface area is 101 Å². The zero-order valence-corrected chi connectivity index (χ0v) is 10.2. The standard InChI is InChI=1S/C13H18N4/c1-13(2,8-3-4-8)17-12-15-10-6-5-9(14)7-11(10)16-12/h5-8H,3-4,14H2,1-2H3,(H2,15,16,17). The van der Waals surface area contributed by atoms with E-state index >= 15 is 0 Å². The highest BCUT2D eigenvalue weighted by Crippen LogP contribution is 2.40. The number of rotatable bonds is 3. The summed E-state index contributed by atoms with van der Waals surface area (Å²) in [5.41, 5.74) is 8.56. The molecule has 0 saturated heterocycles. The predicted octanol–water partition coefficient (Wildman–Crippen LogP) is 2.75. The maximum atomic E-state index is 5.75. The number of benzene rings is 1. The van der Waals surface area contributed by atoms with Gasteiger partial charge < -0.3 is 16.0 Å². The summed E-state index contributed by atoms with van der Waals surface area (Å²) in [4.78, 5) is 7.80. The predicted molar refractivity (Wildman–Crippen MR) is 70.9 cm³/mol. The zero-order chi connectivity index (χ0) is 12.0. The molecule has 4 nitrogen and oxygen atoms in total. The number of nitrogens with one attached hydrogen (secondary N) is 2. The molecule has 0 radical (unpaired) electrons. The molecule has 0 amide bonds. The third-order valence-corrected chi connectivity index (χ3v) is 3.54. The van der Waals surface area contributed by atoms with Crippen LogP contribution in [-0.2, 0) is 0 Å². The Kier molecular flexibility index (Phi) is 2.08. The lowest BCUT2D eigenvalue weighted by Gasteiger charge is -2.25. The van der Waals surface area contributed by atoms with Crippen molar-refractivity contribution in [3.8, 4) is 0 Å². The molecule has 3 rings (SSSR count). The summed E-state index contributed by atoms with van der Waals surface area (Å²) < 4.78 is 0. The van der Waals surface area contributed by atoms with E-state index in [0.717, 1.165) is 28.6 Å². The normalized spacial score (nSPS) is 16.4. The molecule has 4 N–H and O–H groups in total. The van der Waals surface area contributed by atoms with Crippen molar-refractivity contribution in [3.63, 3.8) is 0 Å². The van der Waals surface area contributed by atoms with Gasteiger partial charge in [0.2, 0.25) is 5.95 Å². The second-order valence-electron chi connectivity index (χ2n) is 5.48. The molecule has 0 atom stereocenters. The van der Waals surface area contributed by atoms with Crippen LogP contribution in [0.25, 0.3) is 11.0 Å². The Bertz CT molecular complexity index is 552. The molecule has 0 bridgehead atoms. The number of hydrogen-bond donors (Lipinski definition) is 3. The van der Waals surface area contributed by atoms with Crippen LogP contribution in [0.2, 0.25) is 0 Å². The van der Waals surface area contributed by atoms with Crippen LogP contribution in [-0.4, -0.2) is 15.5 Å². The van der Waals surface area contributed by atoms with Crippen LogP contribution in [0.3, 0.4) is 0 Å². The van der Waals surface area contributed by atoms with Gasteiger partial charge in [-0.1, -0.05) is 0 Å². The lowest BCUT2D eigenvalue weighted by Crippen LogP contribution is -2.33. The molecule has 1 aliphatic rings. The van der Waals surface area contributed by atoms with E-state index in [-0.39, 0.29) is 5.54 Å². The lowest BCUT2D eigenvalue weighted by atomic mass is 9.99. The minimum absolute atomic E-state index is 0.111. The molecule has 1 aromatic carbocycles. The van der Waals surface area contributed by atoms with E-state index < -0.39 is 0 Å². The van der Waals surface area contributed by atoms with Crippen LogP contribution in [0.5, 0.6) is 0 Å². The molecule has 1 aromatic heterocycles. The van der Waals surface area contributed by atoms with Gasteiger partial charge in [-0.05, 0) is 50.8 Å². The van der Waals surface area contributed by atoms with Crippen LogP contribution in [0.4, 0.5) is 11.6 Å². The number of nitrogens with two attached hydrogens (primary N) is 1. The van der Waals surface area contributed by atoms with Gasteiger partial charge in [0, 0.05) is 11.2 Å². The van der Waals surface area contributed by atoms with Crippen molar-refractivity contribution in [1.29, 1.82) is 0 Å². The highest BCUT2D eigenvalue weighted by molar-refractivity contribution is 5.80. The molecule has 1 saturated carbocycles. The molecular weight excluding hydrogens is 212 g/mol. The minimum Gasteiger partial charge on any atom is -0.399 e. The summed E-state index contributed by atoms with van der Waals surface area (Å²) >= 11 is 0. The summed E-state index contributed by atoms with van der Waals surface area (Å²) in [6.07, 6.45) is 2.63. The van der Waals surface area contributed by atoms with Gasteiger partial charge in [-0.3, -0.25) is 0 Å². The average Bonchev–Trinajstić information content (AvgIpc) is 3.01. The fraction of sp³-hybridized carbons (Fsp3) is 0.462. The van der Waals surface area contributed by atoms with Gasteiger partial charge in [0.05, 0.1) is 11.0 Å². The van der Waals surface area contributed by atoms with Gasteiger partial charge in [0.1, 0.15) is 0 Å². The molecule has 90 valence electrons. The third-order valence-electron chi connectivity index (χ3n) is 3.54. The van der Waals surface area contributed by atoms with E-state index in [4.69, 9.17) is 5.73 Å². The van der Waals surface area contributed by atoms with Gasteiger partial charge in [0.15, 0.2) is 0 Å². The van der Waals surface area contributed by atoms with Crippen LogP contribution in [0.15, 0.2) is 18.2 Å². The van der Waals surface area contributed by atoms with Crippen molar-refractivity contribution in [2.24, 2.45) is 5.92 Å². The molecule has 1 heterocycles. The van der Waals surface area contributed by atoms with Crippen LogP contribution in [0.1, 0.15) is 26.7 Å². The second-order valence-corrected chi connectivity index (χ2v) is 5.48. The average molecular weight is 230 g/mol. The molecule has 0 unspecified atom stereocenters. The SMILES string of the molecule is CC(C)(Nc1nc2ccc(N)cc2[nH]1)C1CC1. The first-order valence-electron chi connectivity index (χ1n) is 6.08. The lowest BCUT2D eigenvalue weighted by molar-refractivity contribution is 0.491. The molecule has 0 aliphatic heterocycles. The summed E-state index contributed by atoms with van der Waals surface area (Å²) in [5, 5.41) is 3.48. The summed E-state index contributed by atoms with van der Waals surface area (Å²) in [6, 6.07) is 5.73.